The number of carbonyl (C=O) groups excluding carboxylic acids is 1. The van der Waals surface area contributed by atoms with Crippen molar-refractivity contribution in [2.45, 2.75) is 20.3 Å². The Kier molecular flexibility index (Phi) is 6.76. The van der Waals surface area contributed by atoms with E-state index < -0.39 is 0 Å². The van der Waals surface area contributed by atoms with Gasteiger partial charge in [-0.15, -0.1) is 0 Å². The van der Waals surface area contributed by atoms with Gasteiger partial charge in [0.25, 0.3) is 0 Å². The molecular formula is C19H27N5O2S. The lowest BCUT2D eigenvalue weighted by atomic mass is 10.1. The van der Waals surface area contributed by atoms with Crippen LogP contribution in [0.15, 0.2) is 18.2 Å². The zero-order valence-corrected chi connectivity index (χ0v) is 17.0. The van der Waals surface area contributed by atoms with E-state index in [1.807, 2.05) is 32.0 Å². The SMILES string of the molecule is COCCc1nsc(N2CCN(CC(=O)Nc3c(C)cccc3C)CC2)n1. The Bertz CT molecular complexity index is 751. The Morgan fingerprint density at radius 1 is 1.22 bits per heavy atom. The largest absolute Gasteiger partial charge is 0.384 e. The number of ether oxygens (including phenoxy) is 1. The fourth-order valence-electron chi connectivity index (χ4n) is 3.16. The molecule has 1 aromatic carbocycles. The van der Waals surface area contributed by atoms with Crippen LogP contribution in [0.5, 0.6) is 0 Å². The average molecular weight is 390 g/mol. The summed E-state index contributed by atoms with van der Waals surface area (Å²) in [7, 11) is 1.68. The van der Waals surface area contributed by atoms with Crippen LogP contribution in [0.25, 0.3) is 0 Å². The Labute approximate surface area is 164 Å². The predicted octanol–water partition coefficient (Wildman–Crippen LogP) is 2.10. The van der Waals surface area contributed by atoms with Gasteiger partial charge in [-0.3, -0.25) is 9.69 Å². The second-order valence-electron chi connectivity index (χ2n) is 6.81. The number of nitrogens with one attached hydrogen (secondary N) is 1. The summed E-state index contributed by atoms with van der Waals surface area (Å²) in [5.74, 6) is 0.880. The fraction of sp³-hybridized carbons (Fsp3) is 0.526. The van der Waals surface area contributed by atoms with Gasteiger partial charge in [0, 0.05) is 56.9 Å². The van der Waals surface area contributed by atoms with Gasteiger partial charge in [-0.1, -0.05) is 18.2 Å². The number of para-hydroxylation sites is 1. The number of hydrogen-bond acceptors (Lipinski definition) is 7. The summed E-state index contributed by atoms with van der Waals surface area (Å²) in [6.07, 6.45) is 0.742. The number of benzene rings is 1. The smallest absolute Gasteiger partial charge is 0.238 e. The predicted molar refractivity (Wildman–Crippen MR) is 109 cm³/mol. The van der Waals surface area contributed by atoms with Crippen molar-refractivity contribution < 1.29 is 9.53 Å². The van der Waals surface area contributed by atoms with Gasteiger partial charge in [0.05, 0.1) is 13.2 Å². The van der Waals surface area contributed by atoms with Gasteiger partial charge in [-0.25, -0.2) is 4.98 Å². The first-order chi connectivity index (χ1) is 13.1. The van der Waals surface area contributed by atoms with Gasteiger partial charge >= 0.3 is 0 Å². The molecule has 146 valence electrons. The molecule has 0 unspecified atom stereocenters. The molecule has 8 heteroatoms. The van der Waals surface area contributed by atoms with Crippen molar-refractivity contribution in [3.05, 3.63) is 35.2 Å². The van der Waals surface area contributed by atoms with E-state index in [1.165, 1.54) is 11.5 Å². The highest BCUT2D eigenvalue weighted by Gasteiger charge is 2.22. The minimum atomic E-state index is 0.0404. The van der Waals surface area contributed by atoms with Crippen LogP contribution in [-0.4, -0.2) is 66.6 Å². The van der Waals surface area contributed by atoms with Gasteiger partial charge in [0.1, 0.15) is 5.82 Å². The second-order valence-corrected chi connectivity index (χ2v) is 7.54. The van der Waals surface area contributed by atoms with E-state index in [1.54, 1.807) is 7.11 Å². The van der Waals surface area contributed by atoms with Crippen LogP contribution in [0.3, 0.4) is 0 Å². The Morgan fingerprint density at radius 3 is 2.59 bits per heavy atom. The van der Waals surface area contributed by atoms with Crippen LogP contribution < -0.4 is 10.2 Å². The van der Waals surface area contributed by atoms with E-state index in [4.69, 9.17) is 4.74 Å². The van der Waals surface area contributed by atoms with E-state index in [-0.39, 0.29) is 5.91 Å². The van der Waals surface area contributed by atoms with Crippen molar-refractivity contribution in [1.82, 2.24) is 14.3 Å². The van der Waals surface area contributed by atoms with Crippen molar-refractivity contribution >= 4 is 28.3 Å². The maximum atomic E-state index is 12.4. The number of amides is 1. The van der Waals surface area contributed by atoms with Gasteiger partial charge in [0.2, 0.25) is 11.0 Å². The third-order valence-electron chi connectivity index (χ3n) is 4.74. The number of rotatable bonds is 7. The maximum absolute atomic E-state index is 12.4. The monoisotopic (exact) mass is 389 g/mol. The molecule has 27 heavy (non-hydrogen) atoms. The topological polar surface area (TPSA) is 70.6 Å². The van der Waals surface area contributed by atoms with Crippen LogP contribution in [-0.2, 0) is 16.0 Å². The number of hydrogen-bond donors (Lipinski definition) is 1. The van der Waals surface area contributed by atoms with Crippen LogP contribution in [0.2, 0.25) is 0 Å². The first kappa shape index (κ1) is 19.7. The summed E-state index contributed by atoms with van der Waals surface area (Å²) in [6, 6.07) is 6.04. The summed E-state index contributed by atoms with van der Waals surface area (Å²) < 4.78 is 9.47. The highest BCUT2D eigenvalue weighted by atomic mass is 32.1. The number of carbonyl (C=O) groups is 1. The van der Waals surface area contributed by atoms with Crippen molar-refractivity contribution in [3.8, 4) is 0 Å². The molecule has 7 nitrogen and oxygen atoms in total. The molecule has 0 spiro atoms. The Hall–Kier alpha value is -2.03. The minimum Gasteiger partial charge on any atom is -0.384 e. The van der Waals surface area contributed by atoms with Crippen molar-refractivity contribution in [3.63, 3.8) is 0 Å². The van der Waals surface area contributed by atoms with E-state index in [9.17, 15) is 4.79 Å². The lowest BCUT2D eigenvalue weighted by Gasteiger charge is -2.33. The molecule has 1 fully saturated rings. The lowest BCUT2D eigenvalue weighted by Crippen LogP contribution is -2.48. The molecule has 3 rings (SSSR count). The quantitative estimate of drug-likeness (QED) is 0.782. The van der Waals surface area contributed by atoms with Gasteiger partial charge in [-0.05, 0) is 25.0 Å². The number of piperazine rings is 1. The fourth-order valence-corrected chi connectivity index (χ4v) is 3.92. The lowest BCUT2D eigenvalue weighted by molar-refractivity contribution is -0.117. The molecule has 1 N–H and O–H groups in total. The Balaban J connectivity index is 1.48. The maximum Gasteiger partial charge on any atom is 0.238 e. The zero-order valence-electron chi connectivity index (χ0n) is 16.2. The number of aromatic nitrogens is 2. The first-order valence-electron chi connectivity index (χ1n) is 9.21. The van der Waals surface area contributed by atoms with E-state index >= 15 is 0 Å². The highest BCUT2D eigenvalue weighted by molar-refractivity contribution is 7.09. The normalized spacial score (nSPS) is 15.1. The van der Waals surface area contributed by atoms with Crippen LogP contribution in [0.1, 0.15) is 17.0 Å². The minimum absolute atomic E-state index is 0.0404. The van der Waals surface area contributed by atoms with Gasteiger partial charge < -0.3 is 15.0 Å². The van der Waals surface area contributed by atoms with E-state index in [0.29, 0.717) is 13.2 Å². The highest BCUT2D eigenvalue weighted by Crippen LogP contribution is 2.21. The third-order valence-corrected chi connectivity index (χ3v) is 5.56. The number of methoxy groups -OCH3 is 1. The molecule has 0 atom stereocenters. The summed E-state index contributed by atoms with van der Waals surface area (Å²) in [5.41, 5.74) is 3.11. The van der Waals surface area contributed by atoms with E-state index in [2.05, 4.69) is 24.5 Å². The molecule has 1 aliphatic heterocycles. The van der Waals surface area contributed by atoms with Crippen molar-refractivity contribution in [2.75, 3.05) is 56.7 Å². The standard InChI is InChI=1S/C19H27N5O2S/c1-14-5-4-6-15(2)18(14)21-17(25)13-23-8-10-24(11-9-23)19-20-16(22-27-19)7-12-26-3/h4-6H,7-13H2,1-3H3,(H,21,25). The second kappa shape index (κ2) is 9.25. The molecule has 2 heterocycles. The number of aryl methyl sites for hydroxylation is 2. The number of nitrogens with zero attached hydrogens (tertiary/aromatic N) is 4. The molecule has 1 amide bonds. The molecule has 1 aromatic heterocycles. The molecule has 0 saturated carbocycles. The van der Waals surface area contributed by atoms with Gasteiger partial charge in [0.15, 0.2) is 0 Å². The van der Waals surface area contributed by atoms with Crippen molar-refractivity contribution in [1.29, 1.82) is 0 Å². The van der Waals surface area contributed by atoms with Gasteiger partial charge in [-0.2, -0.15) is 4.37 Å². The first-order valence-corrected chi connectivity index (χ1v) is 9.99. The number of anilines is 2. The Morgan fingerprint density at radius 2 is 1.93 bits per heavy atom. The molecule has 1 aliphatic rings. The molecule has 0 aliphatic carbocycles. The summed E-state index contributed by atoms with van der Waals surface area (Å²) in [6.45, 7) is 8.48. The molecule has 1 saturated heterocycles. The molecular weight excluding hydrogens is 362 g/mol. The van der Waals surface area contributed by atoms with Crippen LogP contribution in [0, 0.1) is 13.8 Å². The van der Waals surface area contributed by atoms with Crippen LogP contribution >= 0.6 is 11.5 Å². The van der Waals surface area contributed by atoms with Crippen molar-refractivity contribution in [2.24, 2.45) is 0 Å². The van der Waals surface area contributed by atoms with E-state index in [0.717, 1.165) is 60.4 Å². The molecule has 0 bridgehead atoms. The summed E-state index contributed by atoms with van der Waals surface area (Å²) >= 11 is 1.44. The zero-order chi connectivity index (χ0) is 19.2. The van der Waals surface area contributed by atoms with Crippen LogP contribution in [0.4, 0.5) is 10.8 Å². The summed E-state index contributed by atoms with van der Waals surface area (Å²) in [4.78, 5) is 21.5. The summed E-state index contributed by atoms with van der Waals surface area (Å²) in [5, 5.41) is 4.02. The third kappa shape index (κ3) is 5.24. The average Bonchev–Trinajstić information content (AvgIpc) is 3.13. The molecule has 0 radical (unpaired) electrons. The molecule has 2 aromatic rings.